The molecular weight excluding hydrogens is 295 g/mol. The van der Waals surface area contributed by atoms with Crippen LogP contribution in [0.2, 0.25) is 0 Å². The Kier molecular flexibility index (Phi) is 28.2. The fraction of sp³-hybridized carbons (Fsp3) is 0.812. The van der Waals surface area contributed by atoms with Gasteiger partial charge in [-0.1, -0.05) is 58.3 Å². The van der Waals surface area contributed by atoms with E-state index in [1.807, 2.05) is 0 Å². The normalized spacial score (nSPS) is 9.36. The van der Waals surface area contributed by atoms with Crippen LogP contribution in [0, 0.1) is 6.42 Å². The molecule has 0 spiro atoms. The molecule has 0 aliphatic heterocycles. The standard InChI is InChI=1S/C12H25.C4H6O5.Na/c1-3-5-7-9-11-12-10-8-6-4-2;5-3(6)1-9-2-4(7)8;/h3H,4-12H2,1-2H3;1-2H2,(H,5,6)(H,7,8);/q-1;;+1. The summed E-state index contributed by atoms with van der Waals surface area (Å²) in [6.07, 6.45) is 15.1. The Morgan fingerprint density at radius 1 is 0.864 bits per heavy atom. The maximum atomic E-state index is 9.66. The predicted molar refractivity (Wildman–Crippen MR) is 83.3 cm³/mol. The van der Waals surface area contributed by atoms with Crippen LogP contribution in [0.3, 0.4) is 0 Å². The van der Waals surface area contributed by atoms with Crippen LogP contribution in [0.1, 0.15) is 71.6 Å². The Morgan fingerprint density at radius 2 is 1.27 bits per heavy atom. The van der Waals surface area contributed by atoms with Gasteiger partial charge in [0.15, 0.2) is 0 Å². The van der Waals surface area contributed by atoms with Crippen LogP contribution in [0.25, 0.3) is 0 Å². The van der Waals surface area contributed by atoms with Crippen molar-refractivity contribution < 1.29 is 54.1 Å². The number of carbonyl (C=O) groups is 2. The minimum Gasteiger partial charge on any atom is -0.480 e. The van der Waals surface area contributed by atoms with Crippen molar-refractivity contribution in [1.29, 1.82) is 0 Å². The molecule has 0 amide bonds. The first-order valence-corrected chi connectivity index (χ1v) is 7.83. The van der Waals surface area contributed by atoms with Crippen LogP contribution in [-0.2, 0) is 14.3 Å². The van der Waals surface area contributed by atoms with Crippen LogP contribution in [0.4, 0.5) is 0 Å². The van der Waals surface area contributed by atoms with E-state index in [0.717, 1.165) is 0 Å². The molecule has 0 rings (SSSR count). The van der Waals surface area contributed by atoms with Gasteiger partial charge in [0.1, 0.15) is 13.2 Å². The topological polar surface area (TPSA) is 83.8 Å². The molecule has 0 aromatic heterocycles. The second-order valence-electron chi connectivity index (χ2n) is 4.95. The van der Waals surface area contributed by atoms with Gasteiger partial charge in [-0.2, -0.15) is 13.3 Å². The largest absolute Gasteiger partial charge is 1.00 e. The van der Waals surface area contributed by atoms with Gasteiger partial charge in [0.2, 0.25) is 0 Å². The van der Waals surface area contributed by atoms with Gasteiger partial charge in [-0.05, 0) is 0 Å². The van der Waals surface area contributed by atoms with E-state index in [1.165, 1.54) is 57.8 Å². The molecule has 2 N–H and O–H groups in total. The molecule has 126 valence electrons. The van der Waals surface area contributed by atoms with Gasteiger partial charge >= 0.3 is 41.5 Å². The number of hydrogen-bond donors (Lipinski definition) is 2. The fourth-order valence-corrected chi connectivity index (χ4v) is 1.71. The Balaban J connectivity index is -0.000000326. The molecule has 0 aromatic carbocycles. The summed E-state index contributed by atoms with van der Waals surface area (Å²) in [4.78, 5) is 19.3. The van der Waals surface area contributed by atoms with Crippen molar-refractivity contribution in [3.05, 3.63) is 6.42 Å². The molecule has 5 nitrogen and oxygen atoms in total. The summed E-state index contributed by atoms with van der Waals surface area (Å²) in [5.41, 5.74) is 0. The molecule has 0 bridgehead atoms. The predicted octanol–water partition coefficient (Wildman–Crippen LogP) is 0.918. The number of ether oxygens (including phenoxy) is 1. The van der Waals surface area contributed by atoms with Gasteiger partial charge in [-0.3, -0.25) is 0 Å². The zero-order chi connectivity index (χ0) is 16.3. The molecular formula is C16H31NaO5. The van der Waals surface area contributed by atoms with Gasteiger partial charge < -0.3 is 21.4 Å². The van der Waals surface area contributed by atoms with Crippen LogP contribution in [0.15, 0.2) is 0 Å². The summed E-state index contributed by atoms with van der Waals surface area (Å²) >= 11 is 0. The van der Waals surface area contributed by atoms with E-state index in [9.17, 15) is 9.59 Å². The quantitative estimate of drug-likeness (QED) is 0.299. The zero-order valence-electron chi connectivity index (χ0n) is 14.5. The monoisotopic (exact) mass is 326 g/mol. The molecule has 0 heterocycles. The van der Waals surface area contributed by atoms with E-state index in [1.54, 1.807) is 0 Å². The molecule has 0 aromatic rings. The number of carboxylic acid groups (broad SMARTS) is 2. The van der Waals surface area contributed by atoms with Crippen LogP contribution in [0.5, 0.6) is 0 Å². The van der Waals surface area contributed by atoms with Gasteiger partial charge in [-0.15, -0.1) is 0 Å². The van der Waals surface area contributed by atoms with E-state index in [4.69, 9.17) is 10.2 Å². The number of unbranched alkanes of at least 4 members (excludes halogenated alkanes) is 9. The Morgan fingerprint density at radius 3 is 1.64 bits per heavy atom. The third-order valence-corrected chi connectivity index (χ3v) is 2.80. The number of aliphatic carboxylic acids is 2. The molecule has 0 atom stereocenters. The summed E-state index contributed by atoms with van der Waals surface area (Å²) in [7, 11) is 0. The van der Waals surface area contributed by atoms with Crippen LogP contribution >= 0.6 is 0 Å². The summed E-state index contributed by atoms with van der Waals surface area (Å²) < 4.78 is 4.16. The molecule has 6 heteroatoms. The van der Waals surface area contributed by atoms with Gasteiger partial charge in [0, 0.05) is 0 Å². The minimum absolute atomic E-state index is 0. The average molecular weight is 326 g/mol. The first kappa shape index (κ1) is 26.8. The first-order chi connectivity index (χ1) is 10.0. The molecule has 0 fully saturated rings. The minimum atomic E-state index is -1.17. The van der Waals surface area contributed by atoms with Crippen LogP contribution in [-0.4, -0.2) is 35.4 Å². The van der Waals surface area contributed by atoms with Crippen molar-refractivity contribution in [3.8, 4) is 0 Å². The van der Waals surface area contributed by atoms with Gasteiger partial charge in [0.05, 0.1) is 0 Å². The maximum Gasteiger partial charge on any atom is 1.00 e. The van der Waals surface area contributed by atoms with Crippen molar-refractivity contribution in [1.82, 2.24) is 0 Å². The fourth-order valence-electron chi connectivity index (χ4n) is 1.71. The second-order valence-corrected chi connectivity index (χ2v) is 4.95. The first-order valence-electron chi connectivity index (χ1n) is 7.83. The van der Waals surface area contributed by atoms with E-state index >= 15 is 0 Å². The number of carboxylic acids is 2. The molecule has 0 aliphatic carbocycles. The number of rotatable bonds is 13. The third kappa shape index (κ3) is 32.0. The molecule has 0 aliphatic rings. The van der Waals surface area contributed by atoms with E-state index in [-0.39, 0.29) is 29.6 Å². The van der Waals surface area contributed by atoms with Crippen molar-refractivity contribution in [3.63, 3.8) is 0 Å². The molecule has 0 saturated heterocycles. The van der Waals surface area contributed by atoms with Crippen LogP contribution < -0.4 is 29.6 Å². The Hall–Kier alpha value is -0.100. The Bertz CT molecular complexity index is 223. The summed E-state index contributed by atoms with van der Waals surface area (Å²) in [6.45, 7) is 3.30. The Labute approximate surface area is 157 Å². The maximum absolute atomic E-state index is 9.66. The second kappa shape index (κ2) is 23.2. The van der Waals surface area contributed by atoms with E-state index < -0.39 is 25.2 Å². The van der Waals surface area contributed by atoms with Crippen molar-refractivity contribution in [2.24, 2.45) is 0 Å². The van der Waals surface area contributed by atoms with Crippen molar-refractivity contribution in [2.75, 3.05) is 13.2 Å². The van der Waals surface area contributed by atoms with Crippen molar-refractivity contribution in [2.45, 2.75) is 71.6 Å². The molecule has 22 heavy (non-hydrogen) atoms. The zero-order valence-corrected chi connectivity index (χ0v) is 16.5. The average Bonchev–Trinajstić information content (AvgIpc) is 2.42. The third-order valence-electron chi connectivity index (χ3n) is 2.80. The van der Waals surface area contributed by atoms with Gasteiger partial charge in [0.25, 0.3) is 0 Å². The van der Waals surface area contributed by atoms with E-state index in [2.05, 4.69) is 25.0 Å². The van der Waals surface area contributed by atoms with Crippen molar-refractivity contribution >= 4 is 11.9 Å². The molecule has 0 unspecified atom stereocenters. The smallest absolute Gasteiger partial charge is 0.480 e. The van der Waals surface area contributed by atoms with Gasteiger partial charge in [-0.25, -0.2) is 9.59 Å². The molecule has 0 saturated carbocycles. The van der Waals surface area contributed by atoms with E-state index in [0.29, 0.717) is 0 Å². The summed E-state index contributed by atoms with van der Waals surface area (Å²) in [5.74, 6) is -2.34. The molecule has 0 radical (unpaired) electrons. The SMILES string of the molecule is C[CH-]CCCCCCCCCC.O=C(O)COCC(=O)O.[Na+]. The summed E-state index contributed by atoms with van der Waals surface area (Å²) in [6, 6.07) is 0. The summed E-state index contributed by atoms with van der Waals surface area (Å²) in [5, 5.41) is 15.8. The number of hydrogen-bond acceptors (Lipinski definition) is 3.